The summed E-state index contributed by atoms with van der Waals surface area (Å²) in [5.41, 5.74) is 4.05. The molecule has 0 bridgehead atoms. The maximum absolute atomic E-state index is 12.5. The van der Waals surface area contributed by atoms with Gasteiger partial charge in [0.25, 0.3) is 11.5 Å². The van der Waals surface area contributed by atoms with Gasteiger partial charge in [-0.05, 0) is 61.7 Å². The van der Waals surface area contributed by atoms with E-state index < -0.39 is 5.91 Å². The zero-order chi connectivity index (χ0) is 16.6. The highest BCUT2D eigenvalue weighted by Gasteiger charge is 2.13. The molecule has 0 unspecified atom stereocenters. The van der Waals surface area contributed by atoms with Gasteiger partial charge in [-0.2, -0.15) is 0 Å². The number of rotatable bonds is 2. The van der Waals surface area contributed by atoms with Crippen LogP contribution in [-0.2, 0) is 0 Å². The van der Waals surface area contributed by atoms with Crippen LogP contribution in [0.3, 0.4) is 0 Å². The maximum Gasteiger partial charge on any atom is 0.270 e. The van der Waals surface area contributed by atoms with Crippen molar-refractivity contribution in [1.29, 1.82) is 0 Å². The third-order valence-electron chi connectivity index (χ3n) is 3.87. The summed E-state index contributed by atoms with van der Waals surface area (Å²) >= 11 is 0. The largest absolute Gasteiger partial charge is 0.322 e. The van der Waals surface area contributed by atoms with Gasteiger partial charge >= 0.3 is 0 Å². The zero-order valence-corrected chi connectivity index (χ0v) is 13.3. The van der Waals surface area contributed by atoms with Crippen molar-refractivity contribution in [3.8, 4) is 0 Å². The minimum atomic E-state index is -0.458. The Bertz CT molecular complexity index is 974. The van der Waals surface area contributed by atoms with Crippen LogP contribution in [0, 0.1) is 20.8 Å². The predicted octanol–water partition coefficient (Wildman–Crippen LogP) is 2.87. The molecule has 116 valence electrons. The number of aryl methyl sites for hydroxylation is 3. The molecule has 5 heteroatoms. The molecule has 3 rings (SSSR count). The Morgan fingerprint density at radius 1 is 1.09 bits per heavy atom. The quantitative estimate of drug-likeness (QED) is 0.792. The molecule has 0 atom stereocenters. The van der Waals surface area contributed by atoms with E-state index in [1.807, 2.05) is 39.0 Å². The molecule has 2 aromatic heterocycles. The Morgan fingerprint density at radius 3 is 2.61 bits per heavy atom. The van der Waals surface area contributed by atoms with Crippen LogP contribution in [0.15, 0.2) is 47.5 Å². The standard InChI is InChI=1S/C18H17N3O2/c1-11-6-7-21-16(8-11)19-10-15(18(21)23)17(22)20-14-5-4-12(2)13(3)9-14/h4-10H,1-3H3,(H,20,22). The summed E-state index contributed by atoms with van der Waals surface area (Å²) in [6, 6.07) is 9.23. The molecule has 1 amide bonds. The average molecular weight is 307 g/mol. The van der Waals surface area contributed by atoms with Crippen LogP contribution < -0.4 is 10.9 Å². The monoisotopic (exact) mass is 307 g/mol. The van der Waals surface area contributed by atoms with Gasteiger partial charge in [-0.15, -0.1) is 0 Å². The Hall–Kier alpha value is -2.95. The second-order valence-corrected chi connectivity index (χ2v) is 5.66. The van der Waals surface area contributed by atoms with Gasteiger partial charge in [-0.3, -0.25) is 14.0 Å². The Kier molecular flexibility index (Phi) is 3.70. The summed E-state index contributed by atoms with van der Waals surface area (Å²) in [5.74, 6) is -0.458. The third-order valence-corrected chi connectivity index (χ3v) is 3.87. The predicted molar refractivity (Wildman–Crippen MR) is 90.1 cm³/mol. The van der Waals surface area contributed by atoms with E-state index in [0.717, 1.165) is 16.7 Å². The van der Waals surface area contributed by atoms with Crippen molar-refractivity contribution in [3.63, 3.8) is 0 Å². The Balaban J connectivity index is 1.97. The molecule has 0 fully saturated rings. The third kappa shape index (κ3) is 2.85. The zero-order valence-electron chi connectivity index (χ0n) is 13.3. The van der Waals surface area contributed by atoms with Crippen LogP contribution in [0.4, 0.5) is 5.69 Å². The van der Waals surface area contributed by atoms with E-state index >= 15 is 0 Å². The number of hydrogen-bond donors (Lipinski definition) is 1. The van der Waals surface area contributed by atoms with Crippen molar-refractivity contribution in [2.75, 3.05) is 5.32 Å². The second kappa shape index (κ2) is 5.68. The molecule has 1 N–H and O–H groups in total. The first-order chi connectivity index (χ1) is 11.0. The number of nitrogens with one attached hydrogen (secondary N) is 1. The van der Waals surface area contributed by atoms with E-state index in [4.69, 9.17) is 0 Å². The minimum Gasteiger partial charge on any atom is -0.322 e. The van der Waals surface area contributed by atoms with Gasteiger partial charge in [0.15, 0.2) is 0 Å². The number of carbonyl (C=O) groups excluding carboxylic acids is 1. The van der Waals surface area contributed by atoms with Crippen LogP contribution in [-0.4, -0.2) is 15.3 Å². The fourth-order valence-electron chi connectivity index (χ4n) is 2.35. The van der Waals surface area contributed by atoms with Crippen LogP contribution in [0.5, 0.6) is 0 Å². The molecule has 0 aliphatic rings. The number of pyridine rings is 1. The van der Waals surface area contributed by atoms with E-state index in [-0.39, 0.29) is 11.1 Å². The van der Waals surface area contributed by atoms with Crippen LogP contribution in [0.1, 0.15) is 27.0 Å². The number of carbonyl (C=O) groups is 1. The van der Waals surface area contributed by atoms with Crippen molar-refractivity contribution in [3.05, 3.63) is 75.3 Å². The van der Waals surface area contributed by atoms with Gasteiger partial charge in [-0.25, -0.2) is 4.98 Å². The summed E-state index contributed by atoms with van der Waals surface area (Å²) in [6.07, 6.45) is 2.96. The van der Waals surface area contributed by atoms with Gasteiger partial charge in [-0.1, -0.05) is 6.07 Å². The number of fused-ring (bicyclic) bond motifs is 1. The normalized spacial score (nSPS) is 10.7. The highest BCUT2D eigenvalue weighted by atomic mass is 16.2. The van der Waals surface area contributed by atoms with Gasteiger partial charge < -0.3 is 5.32 Å². The van der Waals surface area contributed by atoms with Gasteiger partial charge in [0.05, 0.1) is 0 Å². The van der Waals surface area contributed by atoms with Gasteiger partial charge in [0.2, 0.25) is 0 Å². The smallest absolute Gasteiger partial charge is 0.270 e. The summed E-state index contributed by atoms with van der Waals surface area (Å²) < 4.78 is 1.38. The summed E-state index contributed by atoms with van der Waals surface area (Å²) in [4.78, 5) is 29.0. The van der Waals surface area contributed by atoms with Gasteiger partial charge in [0, 0.05) is 18.1 Å². The SMILES string of the molecule is Cc1ccn2c(=O)c(C(=O)Nc3ccc(C)c(C)c3)cnc2c1. The van der Waals surface area contributed by atoms with Crippen molar-refractivity contribution in [2.45, 2.75) is 20.8 Å². The van der Waals surface area contributed by atoms with E-state index in [0.29, 0.717) is 11.3 Å². The molecule has 0 saturated heterocycles. The molecule has 0 saturated carbocycles. The fourth-order valence-corrected chi connectivity index (χ4v) is 2.35. The summed E-state index contributed by atoms with van der Waals surface area (Å²) in [5, 5.41) is 2.75. The molecule has 23 heavy (non-hydrogen) atoms. The van der Waals surface area contributed by atoms with E-state index in [1.165, 1.54) is 10.6 Å². The molecular formula is C18H17N3O2. The van der Waals surface area contributed by atoms with Gasteiger partial charge in [0.1, 0.15) is 11.2 Å². The maximum atomic E-state index is 12.5. The second-order valence-electron chi connectivity index (χ2n) is 5.66. The highest BCUT2D eigenvalue weighted by molar-refractivity contribution is 6.04. The molecule has 0 aliphatic heterocycles. The van der Waals surface area contributed by atoms with E-state index in [1.54, 1.807) is 18.3 Å². The van der Waals surface area contributed by atoms with Crippen LogP contribution in [0.2, 0.25) is 0 Å². The van der Waals surface area contributed by atoms with Crippen molar-refractivity contribution < 1.29 is 4.79 Å². The lowest BCUT2D eigenvalue weighted by Gasteiger charge is -2.08. The van der Waals surface area contributed by atoms with E-state index in [9.17, 15) is 9.59 Å². The Labute approximate surface area is 133 Å². The molecule has 5 nitrogen and oxygen atoms in total. The topological polar surface area (TPSA) is 63.5 Å². The lowest BCUT2D eigenvalue weighted by Crippen LogP contribution is -2.26. The van der Waals surface area contributed by atoms with Crippen molar-refractivity contribution in [1.82, 2.24) is 9.38 Å². The van der Waals surface area contributed by atoms with Crippen LogP contribution >= 0.6 is 0 Å². The first-order valence-corrected chi connectivity index (χ1v) is 7.32. The fraction of sp³-hybridized carbons (Fsp3) is 0.167. The average Bonchev–Trinajstić information content (AvgIpc) is 2.51. The lowest BCUT2D eigenvalue weighted by atomic mass is 10.1. The number of benzene rings is 1. The number of hydrogen-bond acceptors (Lipinski definition) is 3. The molecular weight excluding hydrogens is 290 g/mol. The molecule has 0 spiro atoms. The van der Waals surface area contributed by atoms with E-state index in [2.05, 4.69) is 10.3 Å². The number of amides is 1. The summed E-state index contributed by atoms with van der Waals surface area (Å²) in [6.45, 7) is 5.90. The molecule has 2 heterocycles. The molecule has 1 aromatic carbocycles. The summed E-state index contributed by atoms with van der Waals surface area (Å²) in [7, 11) is 0. The number of nitrogens with zero attached hydrogens (tertiary/aromatic N) is 2. The first kappa shape index (κ1) is 15.0. The molecule has 0 aliphatic carbocycles. The molecule has 0 radical (unpaired) electrons. The van der Waals surface area contributed by atoms with Crippen molar-refractivity contribution in [2.24, 2.45) is 0 Å². The first-order valence-electron chi connectivity index (χ1n) is 7.32. The minimum absolute atomic E-state index is 0.0181. The Morgan fingerprint density at radius 2 is 1.87 bits per heavy atom. The molecule has 3 aromatic rings. The van der Waals surface area contributed by atoms with Crippen molar-refractivity contribution >= 4 is 17.2 Å². The number of anilines is 1. The highest BCUT2D eigenvalue weighted by Crippen LogP contribution is 2.14. The lowest BCUT2D eigenvalue weighted by molar-refractivity contribution is 0.102. The van der Waals surface area contributed by atoms with Crippen LogP contribution in [0.25, 0.3) is 5.65 Å². The number of aromatic nitrogens is 2.